The Kier molecular flexibility index (Phi) is 5.17. The van der Waals surface area contributed by atoms with Crippen molar-refractivity contribution in [2.45, 2.75) is 33.1 Å². The van der Waals surface area contributed by atoms with E-state index in [4.69, 9.17) is 5.11 Å². The van der Waals surface area contributed by atoms with Crippen LogP contribution in [-0.2, 0) is 11.2 Å². The van der Waals surface area contributed by atoms with Gasteiger partial charge in [-0.2, -0.15) is 0 Å². The van der Waals surface area contributed by atoms with Crippen molar-refractivity contribution in [3.05, 3.63) is 11.1 Å². The first-order chi connectivity index (χ1) is 9.99. The van der Waals surface area contributed by atoms with Gasteiger partial charge in [-0.25, -0.2) is 9.78 Å². The van der Waals surface area contributed by atoms with E-state index in [9.17, 15) is 9.59 Å². The number of carboxylic acids is 1. The van der Waals surface area contributed by atoms with E-state index in [1.807, 2.05) is 12.3 Å². The van der Waals surface area contributed by atoms with Crippen molar-refractivity contribution in [1.82, 2.24) is 9.88 Å². The van der Waals surface area contributed by atoms with Gasteiger partial charge in [0.05, 0.1) is 11.6 Å². The van der Waals surface area contributed by atoms with E-state index in [2.05, 4.69) is 17.2 Å². The summed E-state index contributed by atoms with van der Waals surface area (Å²) in [6.45, 7) is 4.90. The van der Waals surface area contributed by atoms with E-state index in [1.165, 1.54) is 11.3 Å². The molecule has 1 fully saturated rings. The summed E-state index contributed by atoms with van der Waals surface area (Å²) in [5, 5.41) is 14.4. The molecular formula is C14H21N3O3S. The van der Waals surface area contributed by atoms with Crippen LogP contribution in [0.2, 0.25) is 0 Å². The number of aliphatic carboxylic acids is 1. The maximum Gasteiger partial charge on any atom is 0.323 e. The summed E-state index contributed by atoms with van der Waals surface area (Å²) >= 11 is 1.40. The number of anilines is 1. The Balaban J connectivity index is 1.96. The van der Waals surface area contributed by atoms with Crippen molar-refractivity contribution < 1.29 is 14.7 Å². The molecule has 0 saturated carbocycles. The average molecular weight is 311 g/mol. The summed E-state index contributed by atoms with van der Waals surface area (Å²) in [6, 6.07) is -0.259. The van der Waals surface area contributed by atoms with Crippen LogP contribution in [0, 0.1) is 11.8 Å². The molecule has 0 radical (unpaired) electrons. The normalized spacial score (nSPS) is 22.1. The average Bonchev–Trinajstić information content (AvgIpc) is 2.85. The molecule has 2 unspecified atom stereocenters. The van der Waals surface area contributed by atoms with Gasteiger partial charge in [-0.05, 0) is 18.8 Å². The second-order valence-corrected chi connectivity index (χ2v) is 6.46. The highest BCUT2D eigenvalue weighted by Gasteiger charge is 2.32. The number of likely N-dealkylation sites (tertiary alicyclic amines) is 1. The molecule has 1 aromatic heterocycles. The van der Waals surface area contributed by atoms with Crippen molar-refractivity contribution >= 4 is 28.5 Å². The van der Waals surface area contributed by atoms with Crippen LogP contribution in [0.25, 0.3) is 0 Å². The number of carbonyl (C=O) groups excluding carboxylic acids is 1. The third kappa shape index (κ3) is 4.17. The highest BCUT2D eigenvalue weighted by Crippen LogP contribution is 2.23. The Labute approximate surface area is 128 Å². The number of carboxylic acid groups (broad SMARTS) is 1. The van der Waals surface area contributed by atoms with Gasteiger partial charge in [0.15, 0.2) is 5.13 Å². The quantitative estimate of drug-likeness (QED) is 0.895. The first-order valence-electron chi connectivity index (χ1n) is 7.22. The molecule has 6 nitrogen and oxygen atoms in total. The molecule has 1 saturated heterocycles. The number of aryl methyl sites for hydroxylation is 1. The van der Waals surface area contributed by atoms with Gasteiger partial charge in [0.1, 0.15) is 0 Å². The second-order valence-electron chi connectivity index (χ2n) is 5.61. The Morgan fingerprint density at radius 2 is 2.29 bits per heavy atom. The first-order valence-corrected chi connectivity index (χ1v) is 8.10. The molecule has 2 N–H and O–H groups in total. The van der Waals surface area contributed by atoms with Gasteiger partial charge in [-0.1, -0.05) is 20.3 Å². The fourth-order valence-corrected chi connectivity index (χ4v) is 3.34. The fourth-order valence-electron chi connectivity index (χ4n) is 2.60. The summed E-state index contributed by atoms with van der Waals surface area (Å²) in [4.78, 5) is 29.3. The molecule has 1 aliphatic heterocycles. The summed E-state index contributed by atoms with van der Waals surface area (Å²) in [5.74, 6) is -1.12. The van der Waals surface area contributed by atoms with Crippen LogP contribution in [0.5, 0.6) is 0 Å². The van der Waals surface area contributed by atoms with Gasteiger partial charge in [0, 0.05) is 18.5 Å². The molecule has 2 amide bonds. The maximum atomic E-state index is 12.2. The molecule has 2 rings (SSSR count). The molecule has 116 valence electrons. The number of piperidine rings is 1. The minimum Gasteiger partial charge on any atom is -0.481 e. The molecule has 1 aliphatic rings. The van der Waals surface area contributed by atoms with E-state index in [1.54, 1.807) is 4.90 Å². The third-order valence-electron chi connectivity index (χ3n) is 3.57. The lowest BCUT2D eigenvalue weighted by Gasteiger charge is -2.34. The zero-order valence-corrected chi connectivity index (χ0v) is 13.2. The van der Waals surface area contributed by atoms with Crippen molar-refractivity contribution in [3.8, 4) is 0 Å². The van der Waals surface area contributed by atoms with Crippen LogP contribution >= 0.6 is 11.3 Å². The first kappa shape index (κ1) is 15.8. The van der Waals surface area contributed by atoms with E-state index in [0.717, 1.165) is 18.5 Å². The fraction of sp³-hybridized carbons (Fsp3) is 0.643. The number of nitrogens with one attached hydrogen (secondary N) is 1. The van der Waals surface area contributed by atoms with Crippen molar-refractivity contribution in [1.29, 1.82) is 0 Å². The number of aromatic nitrogens is 1. The Bertz CT molecular complexity index is 517. The summed E-state index contributed by atoms with van der Waals surface area (Å²) < 4.78 is 0. The molecule has 7 heteroatoms. The third-order valence-corrected chi connectivity index (χ3v) is 4.37. The zero-order chi connectivity index (χ0) is 15.4. The molecule has 0 aromatic carbocycles. The predicted molar refractivity (Wildman–Crippen MR) is 81.6 cm³/mol. The summed E-state index contributed by atoms with van der Waals surface area (Å²) in [5.41, 5.74) is 0.980. The van der Waals surface area contributed by atoms with Gasteiger partial charge < -0.3 is 10.0 Å². The largest absolute Gasteiger partial charge is 0.481 e. The lowest BCUT2D eigenvalue weighted by atomic mass is 9.91. The van der Waals surface area contributed by atoms with Crippen LogP contribution in [0.3, 0.4) is 0 Å². The second kappa shape index (κ2) is 6.89. The molecule has 1 aromatic rings. The number of carbonyl (C=O) groups is 2. The topological polar surface area (TPSA) is 82.5 Å². The number of amides is 2. The van der Waals surface area contributed by atoms with Crippen LogP contribution in [0.4, 0.5) is 9.93 Å². The number of hydrogen-bond acceptors (Lipinski definition) is 4. The lowest BCUT2D eigenvalue weighted by Crippen LogP contribution is -2.47. The van der Waals surface area contributed by atoms with Gasteiger partial charge in [-0.3, -0.25) is 10.1 Å². The van der Waals surface area contributed by atoms with Crippen molar-refractivity contribution in [3.63, 3.8) is 0 Å². The Hall–Kier alpha value is -1.63. The van der Waals surface area contributed by atoms with Crippen LogP contribution in [0.15, 0.2) is 5.38 Å². The maximum absolute atomic E-state index is 12.2. The zero-order valence-electron chi connectivity index (χ0n) is 12.3. The van der Waals surface area contributed by atoms with Crippen LogP contribution < -0.4 is 5.32 Å². The molecule has 2 atom stereocenters. The van der Waals surface area contributed by atoms with Gasteiger partial charge in [0.2, 0.25) is 0 Å². The van der Waals surface area contributed by atoms with E-state index >= 15 is 0 Å². The standard InChI is InChI=1S/C14H21N3O3S/c1-3-4-11-8-21-13(15-11)16-14(20)17-6-9(2)5-10(7-17)12(18)19/h8-10H,3-7H2,1-2H3,(H,18,19)(H,15,16,20). The Morgan fingerprint density at radius 1 is 1.52 bits per heavy atom. The highest BCUT2D eigenvalue weighted by molar-refractivity contribution is 7.13. The summed E-state index contributed by atoms with van der Waals surface area (Å²) in [6.07, 6.45) is 2.53. The lowest BCUT2D eigenvalue weighted by molar-refractivity contribution is -0.143. The molecule has 0 aliphatic carbocycles. The van der Waals surface area contributed by atoms with Gasteiger partial charge in [0.25, 0.3) is 0 Å². The molecule has 2 heterocycles. The highest BCUT2D eigenvalue weighted by atomic mass is 32.1. The smallest absolute Gasteiger partial charge is 0.323 e. The minimum atomic E-state index is -0.834. The molecular weight excluding hydrogens is 290 g/mol. The number of thiazole rings is 1. The van der Waals surface area contributed by atoms with E-state index < -0.39 is 11.9 Å². The SMILES string of the molecule is CCCc1csc(NC(=O)N2CC(C)CC(C(=O)O)C2)n1. The van der Waals surface area contributed by atoms with E-state index in [-0.39, 0.29) is 18.5 Å². The number of nitrogens with zero attached hydrogens (tertiary/aromatic N) is 2. The number of urea groups is 1. The van der Waals surface area contributed by atoms with E-state index in [0.29, 0.717) is 18.1 Å². The van der Waals surface area contributed by atoms with Crippen LogP contribution in [0.1, 0.15) is 32.4 Å². The summed E-state index contributed by atoms with van der Waals surface area (Å²) in [7, 11) is 0. The molecule has 0 bridgehead atoms. The van der Waals surface area contributed by atoms with Crippen molar-refractivity contribution in [2.24, 2.45) is 11.8 Å². The monoisotopic (exact) mass is 311 g/mol. The van der Waals surface area contributed by atoms with Crippen molar-refractivity contribution in [2.75, 3.05) is 18.4 Å². The number of rotatable bonds is 4. The molecule has 0 spiro atoms. The van der Waals surface area contributed by atoms with Crippen LogP contribution in [-0.4, -0.2) is 40.1 Å². The van der Waals surface area contributed by atoms with Gasteiger partial charge >= 0.3 is 12.0 Å². The molecule has 21 heavy (non-hydrogen) atoms. The number of hydrogen-bond donors (Lipinski definition) is 2. The predicted octanol–water partition coefficient (Wildman–Crippen LogP) is 2.67. The minimum absolute atomic E-state index is 0.192. The Morgan fingerprint density at radius 3 is 2.95 bits per heavy atom. The van der Waals surface area contributed by atoms with Gasteiger partial charge in [-0.15, -0.1) is 11.3 Å².